The SMILES string of the molecule is CCNC(=NCC(C)Cn1cccn1)NCC(C)Sc1ccccc1. The number of hydrogen-bond donors (Lipinski definition) is 2. The molecule has 0 aliphatic rings. The molecule has 2 unspecified atom stereocenters. The fraction of sp³-hybridized carbons (Fsp3) is 0.474. The highest BCUT2D eigenvalue weighted by Crippen LogP contribution is 2.21. The van der Waals surface area contributed by atoms with E-state index < -0.39 is 0 Å². The maximum atomic E-state index is 4.72. The lowest BCUT2D eigenvalue weighted by molar-refractivity contribution is 0.458. The van der Waals surface area contributed by atoms with Crippen molar-refractivity contribution in [1.29, 1.82) is 0 Å². The van der Waals surface area contributed by atoms with Crippen LogP contribution in [0.4, 0.5) is 0 Å². The summed E-state index contributed by atoms with van der Waals surface area (Å²) in [5.41, 5.74) is 0. The lowest BCUT2D eigenvalue weighted by Gasteiger charge is -2.16. The molecule has 1 heterocycles. The van der Waals surface area contributed by atoms with Crippen molar-refractivity contribution in [3.05, 3.63) is 48.8 Å². The fourth-order valence-corrected chi connectivity index (χ4v) is 3.33. The number of aromatic nitrogens is 2. The van der Waals surface area contributed by atoms with Gasteiger partial charge in [-0.3, -0.25) is 9.67 Å². The van der Waals surface area contributed by atoms with Gasteiger partial charge >= 0.3 is 0 Å². The molecule has 0 bridgehead atoms. The van der Waals surface area contributed by atoms with Gasteiger partial charge in [0.15, 0.2) is 5.96 Å². The Labute approximate surface area is 155 Å². The van der Waals surface area contributed by atoms with E-state index in [4.69, 9.17) is 4.99 Å². The third kappa shape index (κ3) is 7.65. The van der Waals surface area contributed by atoms with Crippen molar-refractivity contribution in [3.8, 4) is 0 Å². The van der Waals surface area contributed by atoms with E-state index >= 15 is 0 Å². The molecule has 0 radical (unpaired) electrons. The number of rotatable bonds is 9. The maximum Gasteiger partial charge on any atom is 0.191 e. The second kappa shape index (κ2) is 10.8. The van der Waals surface area contributed by atoms with Crippen LogP contribution in [0.2, 0.25) is 0 Å². The van der Waals surface area contributed by atoms with Crippen molar-refractivity contribution in [2.45, 2.75) is 37.5 Å². The number of aliphatic imine (C=N–C) groups is 1. The Balaban J connectivity index is 1.78. The van der Waals surface area contributed by atoms with Gasteiger partial charge in [0, 0.05) is 48.7 Å². The summed E-state index contributed by atoms with van der Waals surface area (Å²) in [6, 6.07) is 12.5. The van der Waals surface area contributed by atoms with Gasteiger partial charge in [-0.2, -0.15) is 5.10 Å². The predicted octanol–water partition coefficient (Wildman–Crippen LogP) is 3.26. The zero-order valence-corrected chi connectivity index (χ0v) is 16.2. The topological polar surface area (TPSA) is 54.2 Å². The molecule has 25 heavy (non-hydrogen) atoms. The fourth-order valence-electron chi connectivity index (χ4n) is 2.39. The standard InChI is InChI=1S/C19H29N5S/c1-4-20-19(21-13-16(2)15-24-12-8-11-23-24)22-14-17(3)25-18-9-6-5-7-10-18/h5-12,16-17H,4,13-15H2,1-3H3,(H2,20,21,22). The van der Waals surface area contributed by atoms with Gasteiger partial charge in [-0.15, -0.1) is 11.8 Å². The van der Waals surface area contributed by atoms with Gasteiger partial charge in [-0.25, -0.2) is 0 Å². The highest BCUT2D eigenvalue weighted by molar-refractivity contribution is 8.00. The second-order valence-electron chi connectivity index (χ2n) is 6.18. The Morgan fingerprint density at radius 2 is 2.00 bits per heavy atom. The van der Waals surface area contributed by atoms with Crippen LogP contribution in [-0.4, -0.2) is 40.6 Å². The van der Waals surface area contributed by atoms with Crippen molar-refractivity contribution in [2.24, 2.45) is 10.9 Å². The van der Waals surface area contributed by atoms with Crippen LogP contribution >= 0.6 is 11.8 Å². The molecule has 0 aliphatic heterocycles. The summed E-state index contributed by atoms with van der Waals surface area (Å²) in [5.74, 6) is 1.32. The first-order valence-electron chi connectivity index (χ1n) is 8.88. The molecule has 2 rings (SSSR count). The van der Waals surface area contributed by atoms with E-state index in [-0.39, 0.29) is 0 Å². The Morgan fingerprint density at radius 1 is 1.20 bits per heavy atom. The second-order valence-corrected chi connectivity index (χ2v) is 7.69. The number of guanidine groups is 1. The van der Waals surface area contributed by atoms with Gasteiger partial charge in [-0.05, 0) is 31.0 Å². The molecular formula is C19H29N5S. The molecule has 0 saturated heterocycles. The van der Waals surface area contributed by atoms with E-state index in [0.717, 1.165) is 32.1 Å². The molecule has 0 fully saturated rings. The van der Waals surface area contributed by atoms with Crippen LogP contribution in [0.1, 0.15) is 20.8 Å². The molecule has 6 heteroatoms. The quantitative estimate of drug-likeness (QED) is 0.410. The largest absolute Gasteiger partial charge is 0.357 e. The Hall–Kier alpha value is -1.95. The molecule has 2 aromatic rings. The number of hydrogen-bond acceptors (Lipinski definition) is 3. The van der Waals surface area contributed by atoms with Crippen LogP contribution in [0.25, 0.3) is 0 Å². The van der Waals surface area contributed by atoms with E-state index in [0.29, 0.717) is 11.2 Å². The van der Waals surface area contributed by atoms with Gasteiger partial charge in [0.05, 0.1) is 0 Å². The average molecular weight is 360 g/mol. The molecule has 0 aliphatic carbocycles. The van der Waals surface area contributed by atoms with Gasteiger partial charge in [0.2, 0.25) is 0 Å². The van der Waals surface area contributed by atoms with Crippen LogP contribution in [0.15, 0.2) is 58.7 Å². The van der Waals surface area contributed by atoms with Crippen molar-refractivity contribution in [3.63, 3.8) is 0 Å². The van der Waals surface area contributed by atoms with Crippen molar-refractivity contribution in [1.82, 2.24) is 20.4 Å². The summed E-state index contributed by atoms with van der Waals surface area (Å²) in [7, 11) is 0. The van der Waals surface area contributed by atoms with Crippen LogP contribution in [-0.2, 0) is 6.54 Å². The lowest BCUT2D eigenvalue weighted by Crippen LogP contribution is -2.40. The molecule has 2 N–H and O–H groups in total. The number of thioether (sulfide) groups is 1. The number of nitrogens with zero attached hydrogens (tertiary/aromatic N) is 3. The maximum absolute atomic E-state index is 4.72. The molecule has 1 aromatic heterocycles. The minimum absolute atomic E-state index is 0.437. The third-order valence-electron chi connectivity index (χ3n) is 3.60. The van der Waals surface area contributed by atoms with Gasteiger partial charge < -0.3 is 10.6 Å². The summed E-state index contributed by atoms with van der Waals surface area (Å²) >= 11 is 1.87. The number of nitrogens with one attached hydrogen (secondary N) is 2. The van der Waals surface area contributed by atoms with E-state index in [2.05, 4.69) is 60.8 Å². The van der Waals surface area contributed by atoms with E-state index in [1.165, 1.54) is 4.90 Å². The first-order valence-corrected chi connectivity index (χ1v) is 9.76. The molecule has 0 amide bonds. The minimum atomic E-state index is 0.437. The highest BCUT2D eigenvalue weighted by atomic mass is 32.2. The first-order chi connectivity index (χ1) is 12.2. The highest BCUT2D eigenvalue weighted by Gasteiger charge is 2.07. The third-order valence-corrected chi connectivity index (χ3v) is 4.71. The van der Waals surface area contributed by atoms with Crippen molar-refractivity contribution in [2.75, 3.05) is 19.6 Å². The Kier molecular flexibility index (Phi) is 8.39. The van der Waals surface area contributed by atoms with Gasteiger partial charge in [-0.1, -0.05) is 32.0 Å². The minimum Gasteiger partial charge on any atom is -0.357 e. The first kappa shape index (κ1) is 19.4. The van der Waals surface area contributed by atoms with E-state index in [1.807, 2.05) is 41.0 Å². The van der Waals surface area contributed by atoms with Crippen LogP contribution < -0.4 is 10.6 Å². The molecule has 0 spiro atoms. The van der Waals surface area contributed by atoms with Crippen LogP contribution in [0.3, 0.4) is 0 Å². The van der Waals surface area contributed by atoms with Gasteiger partial charge in [0.25, 0.3) is 0 Å². The summed E-state index contributed by atoms with van der Waals surface area (Å²) < 4.78 is 1.96. The van der Waals surface area contributed by atoms with Crippen LogP contribution in [0, 0.1) is 5.92 Å². The average Bonchev–Trinajstić information content (AvgIpc) is 3.11. The van der Waals surface area contributed by atoms with Crippen molar-refractivity contribution >= 4 is 17.7 Å². The van der Waals surface area contributed by atoms with Crippen LogP contribution in [0.5, 0.6) is 0 Å². The summed E-state index contributed by atoms with van der Waals surface area (Å²) in [6.07, 6.45) is 3.81. The normalized spacial score (nSPS) is 14.1. The van der Waals surface area contributed by atoms with Gasteiger partial charge in [0.1, 0.15) is 0 Å². The van der Waals surface area contributed by atoms with Crippen molar-refractivity contribution < 1.29 is 0 Å². The lowest BCUT2D eigenvalue weighted by atomic mass is 10.2. The molecular weight excluding hydrogens is 330 g/mol. The molecule has 2 atom stereocenters. The predicted molar refractivity (Wildman–Crippen MR) is 107 cm³/mol. The smallest absolute Gasteiger partial charge is 0.191 e. The molecule has 5 nitrogen and oxygen atoms in total. The molecule has 1 aromatic carbocycles. The van der Waals surface area contributed by atoms with E-state index in [9.17, 15) is 0 Å². The summed E-state index contributed by atoms with van der Waals surface area (Å²) in [4.78, 5) is 6.01. The van der Waals surface area contributed by atoms with E-state index in [1.54, 1.807) is 0 Å². The zero-order valence-electron chi connectivity index (χ0n) is 15.4. The summed E-state index contributed by atoms with van der Waals surface area (Å²) in [6.45, 7) is 9.91. The molecule has 0 saturated carbocycles. The Bertz CT molecular complexity index is 612. The monoisotopic (exact) mass is 359 g/mol. The zero-order chi connectivity index (χ0) is 17.9. The Morgan fingerprint density at radius 3 is 2.68 bits per heavy atom. The number of benzene rings is 1. The molecule has 136 valence electrons. The summed E-state index contributed by atoms with van der Waals surface area (Å²) in [5, 5.41) is 11.5.